The van der Waals surface area contributed by atoms with Crippen LogP contribution >= 0.6 is 11.6 Å². The van der Waals surface area contributed by atoms with Crippen molar-refractivity contribution in [1.82, 2.24) is 5.32 Å². The number of nitrogens with one attached hydrogen (secondary N) is 1. The van der Waals surface area contributed by atoms with Crippen molar-refractivity contribution >= 4 is 35.2 Å². The fraction of sp³-hybridized carbons (Fsp3) is 0.250. The number of aliphatic carboxylic acids is 1. The van der Waals surface area contributed by atoms with E-state index >= 15 is 0 Å². The molecule has 1 aromatic carbocycles. The quantitative estimate of drug-likeness (QED) is 0.721. The van der Waals surface area contributed by atoms with E-state index in [1.165, 1.54) is 12.1 Å². The first kappa shape index (κ1) is 15.8. The van der Waals surface area contributed by atoms with Crippen LogP contribution in [0.3, 0.4) is 0 Å². The van der Waals surface area contributed by atoms with Gasteiger partial charge in [-0.1, -0.05) is 11.6 Å². The summed E-state index contributed by atoms with van der Waals surface area (Å²) in [6, 6.07) is 5.51. The monoisotopic (exact) mass is 299 g/mol. The molecule has 0 aliphatic rings. The highest BCUT2D eigenvalue weighted by Gasteiger charge is 2.18. The van der Waals surface area contributed by atoms with Gasteiger partial charge in [0.05, 0.1) is 0 Å². The van der Waals surface area contributed by atoms with Crippen LogP contribution in [0.4, 0.5) is 10.5 Å². The van der Waals surface area contributed by atoms with Crippen molar-refractivity contribution in [2.75, 3.05) is 18.0 Å². The number of urea groups is 1. The number of carbonyl (C=O) groups excluding carboxylic acids is 2. The molecular formula is C12H14ClN3O4. The Kier molecular flexibility index (Phi) is 5.79. The van der Waals surface area contributed by atoms with Crippen LogP contribution in [0.2, 0.25) is 5.02 Å². The normalized spacial score (nSPS) is 9.85. The number of carboxylic acids is 1. The summed E-state index contributed by atoms with van der Waals surface area (Å²) >= 11 is 5.73. The number of halogens is 1. The van der Waals surface area contributed by atoms with Gasteiger partial charge in [0, 0.05) is 23.7 Å². The van der Waals surface area contributed by atoms with E-state index in [0.29, 0.717) is 10.7 Å². The van der Waals surface area contributed by atoms with Crippen LogP contribution in [0.15, 0.2) is 24.3 Å². The molecule has 108 valence electrons. The third kappa shape index (κ3) is 5.15. The Morgan fingerprint density at radius 2 is 1.85 bits per heavy atom. The molecule has 0 aromatic heterocycles. The molecule has 4 N–H and O–H groups in total. The Balaban J connectivity index is 2.77. The Bertz CT molecular complexity index is 504. The van der Waals surface area contributed by atoms with Crippen molar-refractivity contribution < 1.29 is 19.5 Å². The molecule has 0 heterocycles. The van der Waals surface area contributed by atoms with E-state index in [1.54, 1.807) is 12.1 Å². The number of hydrogen-bond acceptors (Lipinski definition) is 3. The van der Waals surface area contributed by atoms with Gasteiger partial charge in [-0.15, -0.1) is 0 Å². The molecule has 20 heavy (non-hydrogen) atoms. The summed E-state index contributed by atoms with van der Waals surface area (Å²) in [6.45, 7) is -0.470. The first-order valence-electron chi connectivity index (χ1n) is 5.71. The number of nitrogens with two attached hydrogens (primary N) is 1. The van der Waals surface area contributed by atoms with Crippen molar-refractivity contribution in [3.05, 3.63) is 29.3 Å². The highest BCUT2D eigenvalue weighted by Crippen LogP contribution is 2.18. The maximum Gasteiger partial charge on any atom is 0.323 e. The molecule has 3 amide bonds. The second-order valence-electron chi connectivity index (χ2n) is 3.90. The molecule has 1 aromatic rings. The molecule has 0 bridgehead atoms. The minimum atomic E-state index is -1.16. The maximum absolute atomic E-state index is 11.9. The van der Waals surface area contributed by atoms with Gasteiger partial charge in [-0.05, 0) is 24.3 Å². The molecule has 0 atom stereocenters. The number of benzene rings is 1. The van der Waals surface area contributed by atoms with Gasteiger partial charge in [0.25, 0.3) is 0 Å². The highest BCUT2D eigenvalue weighted by molar-refractivity contribution is 6.30. The number of carboxylic acid groups (broad SMARTS) is 1. The predicted octanol–water partition coefficient (Wildman–Crippen LogP) is 0.816. The number of nitrogens with zero attached hydrogens (tertiary/aromatic N) is 1. The number of carbonyl (C=O) groups is 3. The Labute approximate surface area is 120 Å². The van der Waals surface area contributed by atoms with E-state index in [9.17, 15) is 14.4 Å². The summed E-state index contributed by atoms with van der Waals surface area (Å²) in [5.74, 6) is -1.72. The molecule has 0 aliphatic carbocycles. The molecular weight excluding hydrogens is 286 g/mol. The summed E-state index contributed by atoms with van der Waals surface area (Å²) in [7, 11) is 0. The molecule has 0 spiro atoms. The van der Waals surface area contributed by atoms with Crippen molar-refractivity contribution in [1.29, 1.82) is 0 Å². The molecule has 0 fully saturated rings. The lowest BCUT2D eigenvalue weighted by Gasteiger charge is -2.21. The standard InChI is InChI=1S/C12H14ClN3O4/c13-8-1-3-9(4-2-8)16(7-11(18)19)12(20)15-6-5-10(14)17/h1-4H,5-7H2,(H2,14,17)(H,15,20)(H,18,19). The zero-order valence-corrected chi connectivity index (χ0v) is 11.3. The SMILES string of the molecule is NC(=O)CCNC(=O)N(CC(=O)O)c1ccc(Cl)cc1. The van der Waals surface area contributed by atoms with Crippen molar-refractivity contribution in [2.45, 2.75) is 6.42 Å². The second kappa shape index (κ2) is 7.34. The van der Waals surface area contributed by atoms with Crippen LogP contribution in [0.5, 0.6) is 0 Å². The van der Waals surface area contributed by atoms with Crippen LogP contribution in [0, 0.1) is 0 Å². The van der Waals surface area contributed by atoms with Crippen molar-refractivity contribution in [3.8, 4) is 0 Å². The van der Waals surface area contributed by atoms with Gasteiger partial charge in [0.1, 0.15) is 6.54 Å². The van der Waals surface area contributed by atoms with Crippen molar-refractivity contribution in [2.24, 2.45) is 5.73 Å². The third-order valence-electron chi connectivity index (χ3n) is 2.32. The Hall–Kier alpha value is -2.28. The topological polar surface area (TPSA) is 113 Å². The zero-order chi connectivity index (χ0) is 15.1. The third-order valence-corrected chi connectivity index (χ3v) is 2.58. The zero-order valence-electron chi connectivity index (χ0n) is 10.5. The molecule has 0 unspecified atom stereocenters. The molecule has 0 radical (unpaired) electrons. The first-order valence-corrected chi connectivity index (χ1v) is 6.09. The summed E-state index contributed by atoms with van der Waals surface area (Å²) in [4.78, 5) is 34.3. The molecule has 7 nitrogen and oxygen atoms in total. The summed E-state index contributed by atoms with van der Waals surface area (Å²) in [5.41, 5.74) is 5.33. The maximum atomic E-state index is 11.9. The summed E-state index contributed by atoms with van der Waals surface area (Å²) in [6.07, 6.45) is -0.0206. The van der Waals surface area contributed by atoms with Gasteiger partial charge in [-0.2, -0.15) is 0 Å². The smallest absolute Gasteiger partial charge is 0.323 e. The number of hydrogen-bond donors (Lipinski definition) is 3. The highest BCUT2D eigenvalue weighted by atomic mass is 35.5. The molecule has 0 saturated heterocycles. The fourth-order valence-electron chi connectivity index (χ4n) is 1.42. The summed E-state index contributed by atoms with van der Waals surface area (Å²) in [5, 5.41) is 11.7. The largest absolute Gasteiger partial charge is 0.480 e. The average Bonchev–Trinajstić information content (AvgIpc) is 2.36. The number of amides is 3. The van der Waals surface area contributed by atoms with E-state index in [1.807, 2.05) is 0 Å². The van der Waals surface area contributed by atoms with E-state index in [0.717, 1.165) is 4.90 Å². The average molecular weight is 300 g/mol. The van der Waals surface area contributed by atoms with Gasteiger partial charge in [0.15, 0.2) is 0 Å². The lowest BCUT2D eigenvalue weighted by atomic mass is 10.3. The second-order valence-corrected chi connectivity index (χ2v) is 4.34. The number of primary amides is 1. The van der Waals surface area contributed by atoms with Crippen LogP contribution in [-0.2, 0) is 9.59 Å². The molecule has 8 heteroatoms. The molecule has 1 rings (SSSR count). The number of anilines is 1. The van der Waals surface area contributed by atoms with Crippen LogP contribution in [-0.4, -0.2) is 36.1 Å². The van der Waals surface area contributed by atoms with E-state index < -0.39 is 24.5 Å². The first-order chi connectivity index (χ1) is 9.40. The number of rotatable bonds is 6. The Morgan fingerprint density at radius 3 is 2.35 bits per heavy atom. The Morgan fingerprint density at radius 1 is 1.25 bits per heavy atom. The van der Waals surface area contributed by atoms with Crippen molar-refractivity contribution in [3.63, 3.8) is 0 Å². The van der Waals surface area contributed by atoms with Gasteiger partial charge < -0.3 is 16.2 Å². The van der Waals surface area contributed by atoms with E-state index in [-0.39, 0.29) is 13.0 Å². The van der Waals surface area contributed by atoms with Gasteiger partial charge in [-0.25, -0.2) is 4.79 Å². The van der Waals surface area contributed by atoms with E-state index in [4.69, 9.17) is 22.4 Å². The van der Waals surface area contributed by atoms with Crippen LogP contribution in [0.1, 0.15) is 6.42 Å². The lowest BCUT2D eigenvalue weighted by molar-refractivity contribution is -0.135. The van der Waals surface area contributed by atoms with Gasteiger partial charge >= 0.3 is 12.0 Å². The van der Waals surface area contributed by atoms with Gasteiger partial charge in [0.2, 0.25) is 5.91 Å². The van der Waals surface area contributed by atoms with Crippen LogP contribution in [0.25, 0.3) is 0 Å². The predicted molar refractivity (Wildman–Crippen MR) is 73.6 cm³/mol. The fourth-order valence-corrected chi connectivity index (χ4v) is 1.55. The van der Waals surface area contributed by atoms with Gasteiger partial charge in [-0.3, -0.25) is 14.5 Å². The molecule has 0 saturated carbocycles. The minimum absolute atomic E-state index is 0.0206. The van der Waals surface area contributed by atoms with Crippen LogP contribution < -0.4 is 16.0 Å². The van der Waals surface area contributed by atoms with E-state index in [2.05, 4.69) is 5.32 Å². The molecule has 0 aliphatic heterocycles. The minimum Gasteiger partial charge on any atom is -0.480 e. The lowest BCUT2D eigenvalue weighted by Crippen LogP contribution is -2.43. The summed E-state index contributed by atoms with van der Waals surface area (Å²) < 4.78 is 0.